The van der Waals surface area contributed by atoms with Crippen LogP contribution in [0.15, 0.2) is 0 Å². The molecule has 0 heterocycles. The molecular formula is C6H12IZn-. The molecule has 0 nitrogen and oxygen atoms in total. The first kappa shape index (κ1) is 12.1. The van der Waals surface area contributed by atoms with Gasteiger partial charge in [-0.15, -0.1) is 0 Å². The molecule has 0 spiro atoms. The van der Waals surface area contributed by atoms with E-state index < -0.39 is 0 Å². The van der Waals surface area contributed by atoms with Crippen molar-refractivity contribution in [2.24, 2.45) is 0 Å². The molecule has 0 aromatic heterocycles. The summed E-state index contributed by atoms with van der Waals surface area (Å²) in [5.74, 6) is 0. The van der Waals surface area contributed by atoms with E-state index in [0.29, 0.717) is 0 Å². The molecule has 0 aliphatic carbocycles. The Hall–Kier alpha value is 1.35. The van der Waals surface area contributed by atoms with Crippen LogP contribution >= 0.6 is 22.6 Å². The molecule has 0 fully saturated rings. The molecule has 0 radical (unpaired) electrons. The Morgan fingerprint density at radius 1 is 1.38 bits per heavy atom. The minimum Gasteiger partial charge on any atom is -0.316 e. The zero-order valence-corrected chi connectivity index (χ0v) is 10.6. The van der Waals surface area contributed by atoms with Gasteiger partial charge < -0.3 is 22.6 Å². The van der Waals surface area contributed by atoms with Gasteiger partial charge >= 0.3 is 0 Å². The normalized spacial score (nSPS) is 8.25. The Balaban J connectivity index is 0. The summed E-state index contributed by atoms with van der Waals surface area (Å²) in [5, 5.41) is 0. The Labute approximate surface area is 78.7 Å². The number of rotatable bonds is 4. The number of hydrogen-bond acceptors (Lipinski definition) is 0. The van der Waals surface area contributed by atoms with Gasteiger partial charge in [-0.05, 0) is 0 Å². The van der Waals surface area contributed by atoms with Crippen LogP contribution in [0, 0.1) is 4.43 Å². The van der Waals surface area contributed by atoms with Crippen molar-refractivity contribution in [1.82, 2.24) is 0 Å². The van der Waals surface area contributed by atoms with Gasteiger partial charge in [-0.3, -0.25) is 4.43 Å². The Morgan fingerprint density at radius 2 is 2.00 bits per heavy atom. The van der Waals surface area contributed by atoms with Crippen LogP contribution in [0.4, 0.5) is 0 Å². The van der Waals surface area contributed by atoms with Crippen molar-refractivity contribution in [2.75, 3.05) is 0 Å². The van der Waals surface area contributed by atoms with Crippen molar-refractivity contribution in [3.8, 4) is 0 Å². The first-order valence-corrected chi connectivity index (χ1v) is 4.08. The maximum atomic E-state index is 2.30. The fourth-order valence-corrected chi connectivity index (χ4v) is 0.912. The first-order chi connectivity index (χ1) is 3.41. The molecule has 0 saturated carbocycles. The second-order valence-electron chi connectivity index (χ2n) is 1.65. The summed E-state index contributed by atoms with van der Waals surface area (Å²) < 4.78 is 2.20. The van der Waals surface area contributed by atoms with E-state index in [0.717, 1.165) is 0 Å². The maximum absolute atomic E-state index is 2.30. The van der Waals surface area contributed by atoms with Crippen LogP contribution in [0.1, 0.15) is 32.6 Å². The first-order valence-electron chi connectivity index (χ1n) is 2.83. The van der Waals surface area contributed by atoms with Crippen molar-refractivity contribution in [3.63, 3.8) is 0 Å². The van der Waals surface area contributed by atoms with Gasteiger partial charge in [0, 0.05) is 19.5 Å². The Morgan fingerprint density at radius 3 is 2.38 bits per heavy atom. The molecule has 0 N–H and O–H groups in total. The largest absolute Gasteiger partial charge is 0.316 e. The molecule has 0 saturated heterocycles. The molecule has 8 heavy (non-hydrogen) atoms. The predicted molar refractivity (Wildman–Crippen MR) is 42.5 cm³/mol. The van der Waals surface area contributed by atoms with E-state index in [1.165, 1.54) is 25.7 Å². The average molecular weight is 276 g/mol. The van der Waals surface area contributed by atoms with Gasteiger partial charge in [0.25, 0.3) is 0 Å². The Bertz CT molecular complexity index is 27.7. The molecule has 0 atom stereocenters. The minimum atomic E-state index is 0. The van der Waals surface area contributed by atoms with Crippen molar-refractivity contribution in [3.05, 3.63) is 4.43 Å². The van der Waals surface area contributed by atoms with Crippen LogP contribution in [-0.2, 0) is 19.5 Å². The molecule has 0 aliphatic rings. The van der Waals surface area contributed by atoms with Gasteiger partial charge in [-0.25, -0.2) is 0 Å². The second-order valence-corrected chi connectivity index (χ2v) is 2.53. The quantitative estimate of drug-likeness (QED) is 0.320. The van der Waals surface area contributed by atoms with Crippen LogP contribution < -0.4 is 0 Å². The van der Waals surface area contributed by atoms with Crippen LogP contribution in [0.5, 0.6) is 0 Å². The Kier molecular flexibility index (Phi) is 16.9. The maximum Gasteiger partial charge on any atom is 0 e. The number of unbranched alkanes of at least 4 members (excludes halogenated alkanes) is 3. The molecule has 0 bridgehead atoms. The fourth-order valence-electron chi connectivity index (χ4n) is 0.471. The summed E-state index contributed by atoms with van der Waals surface area (Å²) >= 11 is 2.30. The van der Waals surface area contributed by atoms with E-state index in [-0.39, 0.29) is 19.5 Å². The summed E-state index contributed by atoms with van der Waals surface area (Å²) in [6.45, 7) is 2.23. The van der Waals surface area contributed by atoms with Gasteiger partial charge in [-0.2, -0.15) is 6.42 Å². The zero-order valence-electron chi connectivity index (χ0n) is 5.49. The number of hydrogen-bond donors (Lipinski definition) is 0. The predicted octanol–water partition coefficient (Wildman–Crippen LogP) is 3.16. The van der Waals surface area contributed by atoms with E-state index in [1.807, 2.05) is 0 Å². The summed E-state index contributed by atoms with van der Waals surface area (Å²) in [6, 6.07) is 0. The van der Waals surface area contributed by atoms with Crippen molar-refractivity contribution < 1.29 is 19.5 Å². The van der Waals surface area contributed by atoms with Gasteiger partial charge in [-0.1, -0.05) is 26.2 Å². The fraction of sp³-hybridized carbons (Fsp3) is 0.833. The summed E-state index contributed by atoms with van der Waals surface area (Å²) in [4.78, 5) is 0. The third kappa shape index (κ3) is 10.4. The van der Waals surface area contributed by atoms with E-state index in [9.17, 15) is 0 Å². The van der Waals surface area contributed by atoms with Crippen LogP contribution in [0.3, 0.4) is 0 Å². The molecule has 0 aromatic carbocycles. The third-order valence-electron chi connectivity index (χ3n) is 0.917. The molecule has 46 valence electrons. The molecule has 0 amide bonds. The SMILES string of the molecule is CCCCC[CH-]I.[Zn]. The average Bonchev–Trinajstić information content (AvgIpc) is 1.69. The van der Waals surface area contributed by atoms with E-state index >= 15 is 0 Å². The van der Waals surface area contributed by atoms with E-state index in [2.05, 4.69) is 33.9 Å². The molecule has 0 aromatic rings. The zero-order chi connectivity index (χ0) is 5.54. The van der Waals surface area contributed by atoms with Gasteiger partial charge in [0.2, 0.25) is 0 Å². The summed E-state index contributed by atoms with van der Waals surface area (Å²) in [7, 11) is 0. The molecule has 0 unspecified atom stereocenters. The summed E-state index contributed by atoms with van der Waals surface area (Å²) in [6.07, 6.45) is 5.39. The molecule has 0 rings (SSSR count). The molecule has 2 heteroatoms. The van der Waals surface area contributed by atoms with Crippen molar-refractivity contribution >= 4 is 22.6 Å². The standard InChI is InChI=1S/C6H12I.Zn/c1-2-3-4-5-6-7;/h6H,2-5H2,1H3;/q-1;. The van der Waals surface area contributed by atoms with Crippen molar-refractivity contribution in [2.45, 2.75) is 32.6 Å². The molecular weight excluding hydrogens is 264 g/mol. The second kappa shape index (κ2) is 11.2. The van der Waals surface area contributed by atoms with Gasteiger partial charge in [0.1, 0.15) is 0 Å². The monoisotopic (exact) mass is 275 g/mol. The summed E-state index contributed by atoms with van der Waals surface area (Å²) in [5.41, 5.74) is 0. The van der Waals surface area contributed by atoms with E-state index in [4.69, 9.17) is 0 Å². The van der Waals surface area contributed by atoms with E-state index in [1.54, 1.807) is 0 Å². The van der Waals surface area contributed by atoms with Crippen LogP contribution in [-0.4, -0.2) is 0 Å². The smallest absolute Gasteiger partial charge is 0 e. The molecule has 0 aliphatic heterocycles. The minimum absolute atomic E-state index is 0. The van der Waals surface area contributed by atoms with Gasteiger partial charge in [0.05, 0.1) is 0 Å². The third-order valence-corrected chi connectivity index (χ3v) is 1.54. The number of halogens is 1. The van der Waals surface area contributed by atoms with Crippen molar-refractivity contribution in [1.29, 1.82) is 0 Å². The van der Waals surface area contributed by atoms with Crippen LogP contribution in [0.25, 0.3) is 0 Å². The van der Waals surface area contributed by atoms with Gasteiger partial charge in [0.15, 0.2) is 0 Å². The van der Waals surface area contributed by atoms with Crippen LogP contribution in [0.2, 0.25) is 0 Å². The topological polar surface area (TPSA) is 0 Å².